The monoisotopic (exact) mass is 358 g/mol. The number of halogens is 1. The van der Waals surface area contributed by atoms with Gasteiger partial charge < -0.3 is 15.1 Å². The number of nitrogens with one attached hydrogen (secondary N) is 1. The highest BCUT2D eigenvalue weighted by Gasteiger charge is 2.22. The molecule has 0 aliphatic carbocycles. The van der Waals surface area contributed by atoms with Crippen molar-refractivity contribution in [2.45, 2.75) is 0 Å². The van der Waals surface area contributed by atoms with Crippen molar-refractivity contribution in [1.82, 2.24) is 15.2 Å². The first-order valence-electron chi connectivity index (χ1n) is 8.11. The van der Waals surface area contributed by atoms with Gasteiger partial charge in [-0.15, -0.1) is 0 Å². The summed E-state index contributed by atoms with van der Waals surface area (Å²) in [4.78, 5) is 32.6. The standard InChI is InChI=1S/C18H19ClN4O2/c19-15-5-3-4-14(12-15)18(25)21-13-17(24)23-10-8-22(9-11-23)16-6-1-2-7-20-16/h1-7,12H,8-11,13H2,(H,21,25). The van der Waals surface area contributed by atoms with Gasteiger partial charge in [0.05, 0.1) is 6.54 Å². The Labute approximate surface area is 151 Å². The molecule has 1 aliphatic heterocycles. The third kappa shape index (κ3) is 4.48. The van der Waals surface area contributed by atoms with Crippen molar-refractivity contribution in [2.75, 3.05) is 37.6 Å². The Kier molecular flexibility index (Phi) is 5.50. The number of piperazine rings is 1. The zero-order chi connectivity index (χ0) is 17.6. The molecule has 25 heavy (non-hydrogen) atoms. The van der Waals surface area contributed by atoms with Crippen molar-refractivity contribution in [1.29, 1.82) is 0 Å². The van der Waals surface area contributed by atoms with Gasteiger partial charge in [-0.1, -0.05) is 23.7 Å². The molecule has 0 spiro atoms. The highest BCUT2D eigenvalue weighted by molar-refractivity contribution is 6.30. The topological polar surface area (TPSA) is 65.5 Å². The normalized spacial score (nSPS) is 14.3. The summed E-state index contributed by atoms with van der Waals surface area (Å²) in [5.74, 6) is 0.530. The number of amides is 2. The van der Waals surface area contributed by atoms with Crippen molar-refractivity contribution in [3.05, 3.63) is 59.2 Å². The lowest BCUT2D eigenvalue weighted by molar-refractivity contribution is -0.130. The maximum atomic E-state index is 12.3. The fourth-order valence-corrected chi connectivity index (χ4v) is 2.92. The quantitative estimate of drug-likeness (QED) is 0.905. The fourth-order valence-electron chi connectivity index (χ4n) is 2.73. The summed E-state index contributed by atoms with van der Waals surface area (Å²) in [6, 6.07) is 12.4. The van der Waals surface area contributed by atoms with Crippen molar-refractivity contribution < 1.29 is 9.59 Å². The number of pyridine rings is 1. The lowest BCUT2D eigenvalue weighted by Gasteiger charge is -2.35. The van der Waals surface area contributed by atoms with Gasteiger partial charge in [0.25, 0.3) is 5.91 Å². The van der Waals surface area contributed by atoms with Crippen molar-refractivity contribution >= 4 is 29.2 Å². The summed E-state index contributed by atoms with van der Waals surface area (Å²) in [7, 11) is 0. The van der Waals surface area contributed by atoms with E-state index < -0.39 is 0 Å². The van der Waals surface area contributed by atoms with Gasteiger partial charge in [0.1, 0.15) is 5.82 Å². The number of carbonyl (C=O) groups is 2. The molecule has 1 fully saturated rings. The van der Waals surface area contributed by atoms with Gasteiger partial charge in [-0.25, -0.2) is 4.98 Å². The molecule has 2 aromatic rings. The minimum atomic E-state index is -0.303. The van der Waals surface area contributed by atoms with E-state index in [-0.39, 0.29) is 18.4 Å². The molecule has 1 saturated heterocycles. The summed E-state index contributed by atoms with van der Waals surface area (Å²) in [6.45, 7) is 2.66. The van der Waals surface area contributed by atoms with E-state index in [4.69, 9.17) is 11.6 Å². The van der Waals surface area contributed by atoms with Gasteiger partial charge in [-0.3, -0.25) is 9.59 Å². The summed E-state index contributed by atoms with van der Waals surface area (Å²) >= 11 is 5.87. The van der Waals surface area contributed by atoms with Crippen molar-refractivity contribution in [2.24, 2.45) is 0 Å². The summed E-state index contributed by atoms with van der Waals surface area (Å²) in [6.07, 6.45) is 1.76. The number of nitrogens with zero attached hydrogens (tertiary/aromatic N) is 3. The molecule has 1 N–H and O–H groups in total. The van der Waals surface area contributed by atoms with E-state index in [1.54, 1.807) is 35.4 Å². The molecule has 2 amide bonds. The lowest BCUT2D eigenvalue weighted by atomic mass is 10.2. The maximum absolute atomic E-state index is 12.3. The van der Waals surface area contributed by atoms with E-state index in [2.05, 4.69) is 15.2 Å². The van der Waals surface area contributed by atoms with Gasteiger partial charge in [0, 0.05) is 43.0 Å². The number of carbonyl (C=O) groups excluding carboxylic acids is 2. The molecule has 130 valence electrons. The average molecular weight is 359 g/mol. The number of hydrogen-bond acceptors (Lipinski definition) is 4. The summed E-state index contributed by atoms with van der Waals surface area (Å²) in [5.41, 5.74) is 0.445. The van der Waals surface area contributed by atoms with Crippen molar-refractivity contribution in [3.8, 4) is 0 Å². The molecular weight excluding hydrogens is 340 g/mol. The average Bonchev–Trinajstić information content (AvgIpc) is 2.66. The summed E-state index contributed by atoms with van der Waals surface area (Å²) < 4.78 is 0. The van der Waals surface area contributed by atoms with Crippen LogP contribution in [-0.4, -0.2) is 54.4 Å². The highest BCUT2D eigenvalue weighted by Crippen LogP contribution is 2.13. The van der Waals surface area contributed by atoms with Crippen LogP contribution in [0.2, 0.25) is 5.02 Å². The molecule has 0 radical (unpaired) electrons. The Morgan fingerprint density at radius 2 is 1.88 bits per heavy atom. The van der Waals surface area contributed by atoms with E-state index in [0.29, 0.717) is 23.7 Å². The highest BCUT2D eigenvalue weighted by atomic mass is 35.5. The zero-order valence-electron chi connectivity index (χ0n) is 13.7. The number of hydrogen-bond donors (Lipinski definition) is 1. The van der Waals surface area contributed by atoms with Crippen LogP contribution >= 0.6 is 11.6 Å². The van der Waals surface area contributed by atoms with Gasteiger partial charge in [-0.2, -0.15) is 0 Å². The Hall–Kier alpha value is -2.60. The number of anilines is 1. The van der Waals surface area contributed by atoms with Gasteiger partial charge >= 0.3 is 0 Å². The SMILES string of the molecule is O=C(NCC(=O)N1CCN(c2ccccn2)CC1)c1cccc(Cl)c1. The Morgan fingerprint density at radius 1 is 1.08 bits per heavy atom. The van der Waals surface area contributed by atoms with Gasteiger partial charge in [0.15, 0.2) is 0 Å². The van der Waals surface area contributed by atoms with E-state index in [9.17, 15) is 9.59 Å². The third-order valence-electron chi connectivity index (χ3n) is 4.09. The first kappa shape index (κ1) is 17.2. The molecule has 6 nitrogen and oxygen atoms in total. The molecule has 2 heterocycles. The maximum Gasteiger partial charge on any atom is 0.251 e. The van der Waals surface area contributed by atoms with Crippen molar-refractivity contribution in [3.63, 3.8) is 0 Å². The Bertz CT molecular complexity index is 746. The molecule has 0 unspecified atom stereocenters. The molecule has 7 heteroatoms. The van der Waals surface area contributed by atoms with Crippen LogP contribution in [0, 0.1) is 0 Å². The number of rotatable bonds is 4. The first-order chi connectivity index (χ1) is 12.1. The summed E-state index contributed by atoms with van der Waals surface area (Å²) in [5, 5.41) is 3.14. The van der Waals surface area contributed by atoms with E-state index in [1.807, 2.05) is 18.2 Å². The molecule has 0 saturated carbocycles. The van der Waals surface area contributed by atoms with Crippen LogP contribution in [0.4, 0.5) is 5.82 Å². The molecule has 0 atom stereocenters. The number of benzene rings is 1. The molecule has 3 rings (SSSR count). The van der Waals surface area contributed by atoms with Crippen LogP contribution in [0.5, 0.6) is 0 Å². The van der Waals surface area contributed by atoms with Crippen LogP contribution in [0.25, 0.3) is 0 Å². The molecule has 1 aliphatic rings. The third-order valence-corrected chi connectivity index (χ3v) is 4.33. The minimum absolute atomic E-state index is 0.0189. The first-order valence-corrected chi connectivity index (χ1v) is 8.49. The van der Waals surface area contributed by atoms with E-state index in [0.717, 1.165) is 18.9 Å². The smallest absolute Gasteiger partial charge is 0.251 e. The zero-order valence-corrected chi connectivity index (χ0v) is 14.4. The molecule has 0 bridgehead atoms. The Balaban J connectivity index is 1.47. The van der Waals surface area contributed by atoms with Gasteiger partial charge in [-0.05, 0) is 30.3 Å². The van der Waals surface area contributed by atoms with Crippen LogP contribution in [0.3, 0.4) is 0 Å². The van der Waals surface area contributed by atoms with E-state index >= 15 is 0 Å². The largest absolute Gasteiger partial charge is 0.353 e. The molecule has 1 aromatic heterocycles. The van der Waals surface area contributed by atoms with Crippen LogP contribution < -0.4 is 10.2 Å². The minimum Gasteiger partial charge on any atom is -0.353 e. The molecular formula is C18H19ClN4O2. The van der Waals surface area contributed by atoms with Crippen LogP contribution in [0.1, 0.15) is 10.4 Å². The van der Waals surface area contributed by atoms with Crippen LogP contribution in [-0.2, 0) is 4.79 Å². The fraction of sp³-hybridized carbons (Fsp3) is 0.278. The predicted octanol–water partition coefficient (Wildman–Crippen LogP) is 1.81. The van der Waals surface area contributed by atoms with E-state index in [1.165, 1.54) is 0 Å². The second-order valence-electron chi connectivity index (χ2n) is 5.75. The second kappa shape index (κ2) is 7.98. The lowest BCUT2D eigenvalue weighted by Crippen LogP contribution is -2.51. The van der Waals surface area contributed by atoms with Gasteiger partial charge in [0.2, 0.25) is 5.91 Å². The second-order valence-corrected chi connectivity index (χ2v) is 6.19. The molecule has 1 aromatic carbocycles. The number of aromatic nitrogens is 1. The van der Waals surface area contributed by atoms with Crippen LogP contribution in [0.15, 0.2) is 48.7 Å². The Morgan fingerprint density at radius 3 is 2.56 bits per heavy atom. The predicted molar refractivity (Wildman–Crippen MR) is 96.8 cm³/mol.